The number of halogens is 2. The Labute approximate surface area is 136 Å². The van der Waals surface area contributed by atoms with Crippen LogP contribution >= 0.6 is 38.5 Å². The highest BCUT2D eigenvalue weighted by atomic mass is 127. The first-order valence-corrected chi connectivity index (χ1v) is 8.35. The van der Waals surface area contributed by atoms with Gasteiger partial charge in [0.15, 0.2) is 0 Å². The third-order valence-corrected chi connectivity index (χ3v) is 4.59. The van der Waals surface area contributed by atoms with Crippen molar-refractivity contribution >= 4 is 44.4 Å². The van der Waals surface area contributed by atoms with Crippen molar-refractivity contribution in [3.8, 4) is 0 Å². The van der Waals surface area contributed by atoms with Crippen LogP contribution in [0.25, 0.3) is 0 Å². The average Bonchev–Trinajstić information content (AvgIpc) is 2.41. The second-order valence-corrected chi connectivity index (χ2v) is 6.69. The van der Waals surface area contributed by atoms with Gasteiger partial charge in [0, 0.05) is 27.7 Å². The first-order chi connectivity index (χ1) is 9.11. The molecule has 1 heterocycles. The number of benzene rings is 1. The van der Waals surface area contributed by atoms with Gasteiger partial charge in [0.25, 0.3) is 5.91 Å². The molecular weight excluding hydrogens is 421 g/mol. The van der Waals surface area contributed by atoms with E-state index in [4.69, 9.17) is 4.74 Å². The Morgan fingerprint density at radius 3 is 3.11 bits per heavy atom. The molecule has 104 valence electrons. The molecule has 1 aromatic rings. The molecule has 2 rings (SSSR count). The zero-order valence-electron chi connectivity index (χ0n) is 10.9. The molecule has 1 aliphatic heterocycles. The van der Waals surface area contributed by atoms with Crippen molar-refractivity contribution in [2.45, 2.75) is 25.9 Å². The van der Waals surface area contributed by atoms with E-state index < -0.39 is 0 Å². The summed E-state index contributed by atoms with van der Waals surface area (Å²) in [5, 5.41) is 0. The summed E-state index contributed by atoms with van der Waals surface area (Å²) >= 11 is 5.69. The summed E-state index contributed by atoms with van der Waals surface area (Å²) in [6, 6.07) is 5.84. The Kier molecular flexibility index (Phi) is 5.65. The van der Waals surface area contributed by atoms with E-state index in [9.17, 15) is 4.79 Å². The van der Waals surface area contributed by atoms with Crippen molar-refractivity contribution in [1.29, 1.82) is 0 Å². The molecule has 0 N–H and O–H groups in total. The number of amides is 1. The van der Waals surface area contributed by atoms with Gasteiger partial charge in [-0.25, -0.2) is 0 Å². The fourth-order valence-corrected chi connectivity index (χ4v) is 3.23. The van der Waals surface area contributed by atoms with Crippen LogP contribution in [0.5, 0.6) is 0 Å². The van der Waals surface area contributed by atoms with Crippen molar-refractivity contribution in [2.75, 3.05) is 19.7 Å². The van der Waals surface area contributed by atoms with Crippen LogP contribution in [0.3, 0.4) is 0 Å². The number of ether oxygens (including phenoxy) is 1. The second-order valence-electron chi connectivity index (χ2n) is 4.59. The van der Waals surface area contributed by atoms with Crippen LogP contribution in [0.1, 0.15) is 30.1 Å². The Bertz CT molecular complexity index is 465. The van der Waals surface area contributed by atoms with Crippen LogP contribution in [-0.4, -0.2) is 36.6 Å². The van der Waals surface area contributed by atoms with Crippen molar-refractivity contribution < 1.29 is 9.53 Å². The van der Waals surface area contributed by atoms with E-state index in [0.717, 1.165) is 33.0 Å². The topological polar surface area (TPSA) is 29.5 Å². The first kappa shape index (κ1) is 15.3. The SMILES string of the molecule is CCOC1CCCN(C(=O)c2cc(I)ccc2Br)C1. The van der Waals surface area contributed by atoms with Gasteiger partial charge in [0.05, 0.1) is 11.7 Å². The molecule has 0 radical (unpaired) electrons. The largest absolute Gasteiger partial charge is 0.377 e. The number of likely N-dealkylation sites (tertiary alicyclic amines) is 1. The molecule has 0 spiro atoms. The lowest BCUT2D eigenvalue weighted by atomic mass is 10.1. The molecular formula is C14H17BrINO2. The van der Waals surface area contributed by atoms with Gasteiger partial charge in [-0.1, -0.05) is 0 Å². The number of hydrogen-bond acceptors (Lipinski definition) is 2. The maximum atomic E-state index is 12.6. The molecule has 1 amide bonds. The van der Waals surface area contributed by atoms with E-state index in [-0.39, 0.29) is 12.0 Å². The van der Waals surface area contributed by atoms with Crippen LogP contribution in [0.2, 0.25) is 0 Å². The molecule has 1 aromatic carbocycles. The summed E-state index contributed by atoms with van der Waals surface area (Å²) in [4.78, 5) is 14.5. The average molecular weight is 438 g/mol. The lowest BCUT2D eigenvalue weighted by Crippen LogP contribution is -2.43. The molecule has 1 unspecified atom stereocenters. The van der Waals surface area contributed by atoms with Crippen LogP contribution in [0.15, 0.2) is 22.7 Å². The minimum atomic E-state index is 0.0924. The summed E-state index contributed by atoms with van der Waals surface area (Å²) in [5.41, 5.74) is 0.740. The number of piperidine rings is 1. The zero-order valence-corrected chi connectivity index (χ0v) is 14.6. The van der Waals surface area contributed by atoms with E-state index >= 15 is 0 Å². The number of carbonyl (C=O) groups is 1. The van der Waals surface area contributed by atoms with Crippen molar-refractivity contribution in [2.24, 2.45) is 0 Å². The summed E-state index contributed by atoms with van der Waals surface area (Å²) in [7, 11) is 0. The van der Waals surface area contributed by atoms with Gasteiger partial charge >= 0.3 is 0 Å². The molecule has 0 aromatic heterocycles. The number of hydrogen-bond donors (Lipinski definition) is 0. The quantitative estimate of drug-likeness (QED) is 0.675. The minimum Gasteiger partial charge on any atom is -0.377 e. The molecule has 1 fully saturated rings. The summed E-state index contributed by atoms with van der Waals surface area (Å²) in [5.74, 6) is 0.0924. The molecule has 0 saturated carbocycles. The maximum Gasteiger partial charge on any atom is 0.255 e. The zero-order chi connectivity index (χ0) is 13.8. The van der Waals surface area contributed by atoms with Gasteiger partial charge in [-0.2, -0.15) is 0 Å². The number of carbonyl (C=O) groups excluding carboxylic acids is 1. The standard InChI is InChI=1S/C14H17BrINO2/c1-2-19-11-4-3-7-17(9-11)14(18)12-8-10(16)5-6-13(12)15/h5-6,8,11H,2-4,7,9H2,1H3. The van der Waals surface area contributed by atoms with Gasteiger partial charge < -0.3 is 9.64 Å². The second kappa shape index (κ2) is 7.04. The molecule has 5 heteroatoms. The lowest BCUT2D eigenvalue weighted by Gasteiger charge is -2.32. The molecule has 19 heavy (non-hydrogen) atoms. The van der Waals surface area contributed by atoms with E-state index in [0.29, 0.717) is 13.2 Å². The van der Waals surface area contributed by atoms with Crippen LogP contribution in [0.4, 0.5) is 0 Å². The lowest BCUT2D eigenvalue weighted by molar-refractivity contribution is 0.00720. The predicted molar refractivity (Wildman–Crippen MR) is 87.4 cm³/mol. The van der Waals surface area contributed by atoms with Crippen molar-refractivity contribution in [3.05, 3.63) is 31.8 Å². The predicted octanol–water partition coefficient (Wildman–Crippen LogP) is 3.69. The fourth-order valence-electron chi connectivity index (χ4n) is 2.33. The molecule has 0 bridgehead atoms. The summed E-state index contributed by atoms with van der Waals surface area (Å²) in [6.45, 7) is 4.22. The van der Waals surface area contributed by atoms with Gasteiger partial charge in [-0.3, -0.25) is 4.79 Å². The summed E-state index contributed by atoms with van der Waals surface area (Å²) in [6.07, 6.45) is 2.24. The highest BCUT2D eigenvalue weighted by Crippen LogP contribution is 2.23. The maximum absolute atomic E-state index is 12.6. The van der Waals surface area contributed by atoms with E-state index in [1.165, 1.54) is 0 Å². The minimum absolute atomic E-state index is 0.0924. The monoisotopic (exact) mass is 437 g/mol. The van der Waals surface area contributed by atoms with Crippen LogP contribution in [0, 0.1) is 3.57 Å². The van der Waals surface area contributed by atoms with Crippen LogP contribution in [-0.2, 0) is 4.74 Å². The third kappa shape index (κ3) is 3.92. The van der Waals surface area contributed by atoms with Gasteiger partial charge in [-0.15, -0.1) is 0 Å². The number of rotatable bonds is 3. The van der Waals surface area contributed by atoms with Gasteiger partial charge in [-0.05, 0) is 76.5 Å². The van der Waals surface area contributed by atoms with E-state index in [2.05, 4.69) is 38.5 Å². The highest BCUT2D eigenvalue weighted by Gasteiger charge is 2.25. The van der Waals surface area contributed by atoms with E-state index in [1.54, 1.807) is 0 Å². The molecule has 3 nitrogen and oxygen atoms in total. The molecule has 1 aliphatic rings. The van der Waals surface area contributed by atoms with Crippen LogP contribution < -0.4 is 0 Å². The smallest absolute Gasteiger partial charge is 0.255 e. The molecule has 0 aliphatic carbocycles. The Morgan fingerprint density at radius 1 is 1.58 bits per heavy atom. The first-order valence-electron chi connectivity index (χ1n) is 6.47. The Balaban J connectivity index is 2.12. The van der Waals surface area contributed by atoms with Gasteiger partial charge in [0.1, 0.15) is 0 Å². The normalized spacial score (nSPS) is 19.5. The van der Waals surface area contributed by atoms with E-state index in [1.807, 2.05) is 30.0 Å². The highest BCUT2D eigenvalue weighted by molar-refractivity contribution is 14.1. The van der Waals surface area contributed by atoms with Gasteiger partial charge in [0.2, 0.25) is 0 Å². The molecule has 1 atom stereocenters. The Morgan fingerprint density at radius 2 is 2.37 bits per heavy atom. The van der Waals surface area contributed by atoms with Crippen molar-refractivity contribution in [3.63, 3.8) is 0 Å². The summed E-state index contributed by atoms with van der Waals surface area (Å²) < 4.78 is 7.58. The molecule has 1 saturated heterocycles. The Hall–Kier alpha value is -0.140. The van der Waals surface area contributed by atoms with Crippen molar-refractivity contribution in [1.82, 2.24) is 4.90 Å². The third-order valence-electron chi connectivity index (χ3n) is 3.23. The number of nitrogens with zero attached hydrogens (tertiary/aromatic N) is 1. The fraction of sp³-hybridized carbons (Fsp3) is 0.500.